The van der Waals surface area contributed by atoms with Crippen LogP contribution in [0.15, 0.2) is 41.5 Å². The Balaban J connectivity index is 2.22. The SMILES string of the molecule is COc1ccc(/C(C)=N\NC(=O)c2cc(Cl)ccc2Cl)cc1CC(=O)O. The van der Waals surface area contributed by atoms with Gasteiger partial charge in [0.15, 0.2) is 0 Å². The average molecular weight is 395 g/mol. The van der Waals surface area contributed by atoms with Crippen LogP contribution in [0.1, 0.15) is 28.4 Å². The molecule has 0 heterocycles. The number of carboxylic acids is 1. The number of amides is 1. The van der Waals surface area contributed by atoms with E-state index >= 15 is 0 Å². The first-order chi connectivity index (χ1) is 12.3. The molecule has 26 heavy (non-hydrogen) atoms. The van der Waals surface area contributed by atoms with Gasteiger partial charge in [0.25, 0.3) is 5.91 Å². The van der Waals surface area contributed by atoms with Gasteiger partial charge in [0.2, 0.25) is 0 Å². The van der Waals surface area contributed by atoms with E-state index in [9.17, 15) is 9.59 Å². The van der Waals surface area contributed by atoms with E-state index in [1.54, 1.807) is 31.2 Å². The van der Waals surface area contributed by atoms with Crippen molar-refractivity contribution in [2.24, 2.45) is 5.10 Å². The molecule has 136 valence electrons. The van der Waals surface area contributed by atoms with Crippen molar-refractivity contribution >= 4 is 40.8 Å². The number of nitrogens with zero attached hydrogens (tertiary/aromatic N) is 1. The Morgan fingerprint density at radius 2 is 1.92 bits per heavy atom. The Bertz CT molecular complexity index is 881. The molecule has 2 aromatic rings. The molecule has 2 aromatic carbocycles. The van der Waals surface area contributed by atoms with Crippen LogP contribution in [0.3, 0.4) is 0 Å². The number of nitrogens with one attached hydrogen (secondary N) is 1. The fourth-order valence-electron chi connectivity index (χ4n) is 2.24. The summed E-state index contributed by atoms with van der Waals surface area (Å²) in [5.74, 6) is -1.01. The van der Waals surface area contributed by atoms with E-state index < -0.39 is 11.9 Å². The monoisotopic (exact) mass is 394 g/mol. The maximum absolute atomic E-state index is 12.2. The van der Waals surface area contributed by atoms with Crippen molar-refractivity contribution in [2.45, 2.75) is 13.3 Å². The van der Waals surface area contributed by atoms with Gasteiger partial charge in [0.05, 0.1) is 29.8 Å². The Labute approximate surface area is 160 Å². The highest BCUT2D eigenvalue weighted by Crippen LogP contribution is 2.22. The van der Waals surface area contributed by atoms with Gasteiger partial charge in [-0.3, -0.25) is 9.59 Å². The van der Waals surface area contributed by atoms with E-state index in [-0.39, 0.29) is 17.0 Å². The Kier molecular flexibility index (Phi) is 6.60. The largest absolute Gasteiger partial charge is 0.496 e. The topological polar surface area (TPSA) is 88.0 Å². The lowest BCUT2D eigenvalue weighted by Crippen LogP contribution is -2.19. The third-order valence-electron chi connectivity index (χ3n) is 3.54. The van der Waals surface area contributed by atoms with Crippen LogP contribution in [0.5, 0.6) is 5.75 Å². The summed E-state index contributed by atoms with van der Waals surface area (Å²) in [7, 11) is 1.47. The minimum atomic E-state index is -0.973. The van der Waals surface area contributed by atoms with Gasteiger partial charge < -0.3 is 9.84 Å². The molecule has 2 N–H and O–H groups in total. The fraction of sp³-hybridized carbons (Fsp3) is 0.167. The molecule has 0 atom stereocenters. The van der Waals surface area contributed by atoms with E-state index in [0.29, 0.717) is 27.6 Å². The van der Waals surface area contributed by atoms with Crippen LogP contribution in [-0.4, -0.2) is 29.8 Å². The molecule has 8 heteroatoms. The Hall–Kier alpha value is -2.57. The number of ether oxygens (including phenoxy) is 1. The smallest absolute Gasteiger partial charge is 0.307 e. The van der Waals surface area contributed by atoms with Gasteiger partial charge in [-0.05, 0) is 48.9 Å². The van der Waals surface area contributed by atoms with Crippen molar-refractivity contribution < 1.29 is 19.4 Å². The molecule has 0 saturated heterocycles. The van der Waals surface area contributed by atoms with E-state index in [1.807, 2.05) is 0 Å². The lowest BCUT2D eigenvalue weighted by Gasteiger charge is -2.10. The minimum absolute atomic E-state index is 0.186. The van der Waals surface area contributed by atoms with Crippen LogP contribution in [0.2, 0.25) is 10.0 Å². The van der Waals surface area contributed by atoms with E-state index in [0.717, 1.165) is 0 Å². The van der Waals surface area contributed by atoms with Crippen LogP contribution in [0, 0.1) is 0 Å². The van der Waals surface area contributed by atoms with Gasteiger partial charge in [-0.15, -0.1) is 0 Å². The molecule has 0 aromatic heterocycles. The maximum Gasteiger partial charge on any atom is 0.307 e. The van der Waals surface area contributed by atoms with Gasteiger partial charge in [0.1, 0.15) is 5.75 Å². The number of carbonyl (C=O) groups excluding carboxylic acids is 1. The highest BCUT2D eigenvalue weighted by Gasteiger charge is 2.12. The number of halogens is 2. The number of benzene rings is 2. The van der Waals surface area contributed by atoms with Crippen molar-refractivity contribution in [2.75, 3.05) is 7.11 Å². The first-order valence-corrected chi connectivity index (χ1v) is 8.26. The van der Waals surface area contributed by atoms with E-state index in [2.05, 4.69) is 10.5 Å². The first kappa shape index (κ1) is 19.8. The van der Waals surface area contributed by atoms with Crippen LogP contribution in [0.25, 0.3) is 0 Å². The first-order valence-electron chi connectivity index (χ1n) is 7.50. The lowest BCUT2D eigenvalue weighted by molar-refractivity contribution is -0.136. The number of hydrogen-bond donors (Lipinski definition) is 2. The number of hydrazone groups is 1. The highest BCUT2D eigenvalue weighted by atomic mass is 35.5. The van der Waals surface area contributed by atoms with Gasteiger partial charge in [-0.2, -0.15) is 5.10 Å². The second kappa shape index (κ2) is 8.69. The maximum atomic E-state index is 12.2. The molecule has 0 unspecified atom stereocenters. The number of carboxylic acid groups (broad SMARTS) is 1. The van der Waals surface area contributed by atoms with Gasteiger partial charge in [-0.1, -0.05) is 23.2 Å². The number of rotatable bonds is 6. The number of aliphatic carboxylic acids is 1. The summed E-state index contributed by atoms with van der Waals surface area (Å²) in [6.45, 7) is 1.69. The summed E-state index contributed by atoms with van der Waals surface area (Å²) >= 11 is 11.9. The molecule has 0 saturated carbocycles. The van der Waals surface area contributed by atoms with E-state index in [4.69, 9.17) is 33.0 Å². The Morgan fingerprint density at radius 1 is 1.19 bits per heavy atom. The molecule has 0 aliphatic rings. The van der Waals surface area contributed by atoms with Gasteiger partial charge >= 0.3 is 5.97 Å². The summed E-state index contributed by atoms with van der Waals surface area (Å²) in [4.78, 5) is 23.2. The number of hydrogen-bond acceptors (Lipinski definition) is 4. The molecular formula is C18H16Cl2N2O4. The zero-order valence-corrected chi connectivity index (χ0v) is 15.6. The van der Waals surface area contributed by atoms with Gasteiger partial charge in [-0.25, -0.2) is 5.43 Å². The molecule has 0 aliphatic heterocycles. The Morgan fingerprint density at radius 3 is 2.58 bits per heavy atom. The quantitative estimate of drug-likeness (QED) is 0.576. The van der Waals surface area contributed by atoms with Crippen molar-refractivity contribution in [1.29, 1.82) is 0 Å². The zero-order chi connectivity index (χ0) is 19.3. The standard InChI is InChI=1S/C18H16Cl2N2O4/c1-10(11-3-6-16(26-2)12(7-11)8-17(23)24)21-22-18(25)14-9-13(19)4-5-15(14)20/h3-7,9H,8H2,1-2H3,(H,22,25)(H,23,24)/b21-10-. The molecule has 2 rings (SSSR count). The van der Waals surface area contributed by atoms with Crippen LogP contribution in [-0.2, 0) is 11.2 Å². The summed E-state index contributed by atoms with van der Waals surface area (Å²) in [5, 5.41) is 13.7. The average Bonchev–Trinajstić information content (AvgIpc) is 2.60. The van der Waals surface area contributed by atoms with Crippen LogP contribution >= 0.6 is 23.2 Å². The van der Waals surface area contributed by atoms with Gasteiger partial charge in [0, 0.05) is 10.6 Å². The zero-order valence-electron chi connectivity index (χ0n) is 14.0. The fourth-order valence-corrected chi connectivity index (χ4v) is 2.61. The summed E-state index contributed by atoms with van der Waals surface area (Å²) < 4.78 is 5.16. The highest BCUT2D eigenvalue weighted by molar-refractivity contribution is 6.35. The molecule has 0 radical (unpaired) electrons. The molecule has 0 bridgehead atoms. The third kappa shape index (κ3) is 4.97. The predicted octanol–water partition coefficient (Wildman–Crippen LogP) is 3.78. The minimum Gasteiger partial charge on any atom is -0.496 e. The molecule has 0 spiro atoms. The van der Waals surface area contributed by atoms with Crippen molar-refractivity contribution in [3.8, 4) is 5.75 Å². The van der Waals surface area contributed by atoms with Crippen molar-refractivity contribution in [3.63, 3.8) is 0 Å². The van der Waals surface area contributed by atoms with Crippen LogP contribution < -0.4 is 10.2 Å². The van der Waals surface area contributed by atoms with Crippen LogP contribution in [0.4, 0.5) is 0 Å². The molecule has 6 nitrogen and oxygen atoms in total. The van der Waals surface area contributed by atoms with Crippen molar-refractivity contribution in [1.82, 2.24) is 5.43 Å². The number of methoxy groups -OCH3 is 1. The number of carbonyl (C=O) groups is 2. The second-order valence-electron chi connectivity index (χ2n) is 5.36. The predicted molar refractivity (Wildman–Crippen MR) is 100 cm³/mol. The third-order valence-corrected chi connectivity index (χ3v) is 4.10. The normalized spacial score (nSPS) is 11.2. The molecular weight excluding hydrogens is 379 g/mol. The molecule has 0 aliphatic carbocycles. The summed E-state index contributed by atoms with van der Waals surface area (Å²) in [6, 6.07) is 9.59. The second-order valence-corrected chi connectivity index (χ2v) is 6.20. The summed E-state index contributed by atoms with van der Waals surface area (Å²) in [6.07, 6.45) is -0.186. The molecule has 0 fully saturated rings. The lowest BCUT2D eigenvalue weighted by atomic mass is 10.0. The van der Waals surface area contributed by atoms with Crippen molar-refractivity contribution in [3.05, 3.63) is 63.1 Å². The molecule has 1 amide bonds. The summed E-state index contributed by atoms with van der Waals surface area (Å²) in [5.41, 5.74) is 4.27. The van der Waals surface area contributed by atoms with E-state index in [1.165, 1.54) is 19.2 Å².